The van der Waals surface area contributed by atoms with E-state index in [2.05, 4.69) is 55.7 Å². The number of hydrogen-bond donors (Lipinski definition) is 1. The zero-order valence-corrected chi connectivity index (χ0v) is 15.5. The van der Waals surface area contributed by atoms with E-state index in [1.54, 1.807) is 0 Å². The molecule has 0 bridgehead atoms. The molecule has 0 heterocycles. The van der Waals surface area contributed by atoms with Crippen molar-refractivity contribution in [1.29, 1.82) is 0 Å². The van der Waals surface area contributed by atoms with Crippen LogP contribution in [0, 0.1) is 0 Å². The molecule has 1 N–H and O–H groups in total. The molecular weight excluding hydrogens is 310 g/mol. The van der Waals surface area contributed by atoms with Gasteiger partial charge in [0.25, 0.3) is 0 Å². The van der Waals surface area contributed by atoms with Crippen LogP contribution in [-0.2, 0) is 16.2 Å². The number of rotatable bonds is 12. The third-order valence-corrected chi connectivity index (χ3v) is 4.17. The van der Waals surface area contributed by atoms with E-state index in [-0.39, 0.29) is 12.1 Å². The van der Waals surface area contributed by atoms with Crippen LogP contribution < -0.4 is 5.48 Å². The lowest BCUT2D eigenvalue weighted by molar-refractivity contribution is -0.0677. The van der Waals surface area contributed by atoms with Gasteiger partial charge in [0, 0.05) is 0 Å². The SMILES string of the molecule is CCC[C@H](COCc1ccccc1)NO[C@H](CCC)c1ccccc1. The molecule has 2 aromatic carbocycles. The maximum Gasteiger partial charge on any atom is 0.104 e. The van der Waals surface area contributed by atoms with Crippen molar-refractivity contribution in [2.45, 2.75) is 58.3 Å². The number of benzene rings is 2. The van der Waals surface area contributed by atoms with Crippen LogP contribution in [-0.4, -0.2) is 12.6 Å². The number of hydroxylamine groups is 1. The van der Waals surface area contributed by atoms with E-state index in [1.165, 1.54) is 11.1 Å². The monoisotopic (exact) mass is 341 g/mol. The van der Waals surface area contributed by atoms with Crippen LogP contribution >= 0.6 is 0 Å². The van der Waals surface area contributed by atoms with E-state index in [9.17, 15) is 0 Å². The highest BCUT2D eigenvalue weighted by Gasteiger charge is 2.15. The molecule has 0 aliphatic rings. The Balaban J connectivity index is 1.82. The maximum atomic E-state index is 6.06. The molecule has 0 saturated heterocycles. The van der Waals surface area contributed by atoms with Gasteiger partial charge < -0.3 is 4.74 Å². The molecule has 2 atom stereocenters. The standard InChI is InChI=1S/C22H31NO2/c1-3-11-21(18-24-17-19-13-7-5-8-14-19)23-25-22(12-4-2)20-15-9-6-10-16-20/h5-10,13-16,21-23H,3-4,11-12,17-18H2,1-2H3/t21-,22-/m1/s1. The molecule has 2 aromatic rings. The number of nitrogens with one attached hydrogen (secondary N) is 1. The summed E-state index contributed by atoms with van der Waals surface area (Å²) in [6.45, 7) is 5.66. The van der Waals surface area contributed by atoms with Gasteiger partial charge in [0.05, 0.1) is 19.3 Å². The summed E-state index contributed by atoms with van der Waals surface area (Å²) >= 11 is 0. The van der Waals surface area contributed by atoms with Crippen molar-refractivity contribution in [2.24, 2.45) is 0 Å². The lowest BCUT2D eigenvalue weighted by atomic mass is 10.1. The number of ether oxygens (including phenoxy) is 1. The van der Waals surface area contributed by atoms with Crippen LogP contribution in [0.2, 0.25) is 0 Å². The first kappa shape index (κ1) is 19.6. The lowest BCUT2D eigenvalue weighted by Crippen LogP contribution is -2.34. The van der Waals surface area contributed by atoms with Gasteiger partial charge in [-0.15, -0.1) is 0 Å². The fourth-order valence-corrected chi connectivity index (χ4v) is 2.82. The highest BCUT2D eigenvalue weighted by Crippen LogP contribution is 2.21. The van der Waals surface area contributed by atoms with Gasteiger partial charge in [0.2, 0.25) is 0 Å². The second kappa shape index (κ2) is 11.8. The smallest absolute Gasteiger partial charge is 0.104 e. The second-order valence-electron chi connectivity index (χ2n) is 6.41. The van der Waals surface area contributed by atoms with Crippen LogP contribution in [0.25, 0.3) is 0 Å². The van der Waals surface area contributed by atoms with E-state index >= 15 is 0 Å². The van der Waals surface area contributed by atoms with Crippen molar-refractivity contribution in [3.05, 3.63) is 71.8 Å². The average molecular weight is 341 g/mol. The summed E-state index contributed by atoms with van der Waals surface area (Å²) < 4.78 is 5.89. The van der Waals surface area contributed by atoms with Crippen LogP contribution in [0.4, 0.5) is 0 Å². The highest BCUT2D eigenvalue weighted by molar-refractivity contribution is 5.17. The predicted octanol–water partition coefficient (Wildman–Crippen LogP) is 5.43. The third kappa shape index (κ3) is 7.39. The predicted molar refractivity (Wildman–Crippen MR) is 103 cm³/mol. The molecule has 136 valence electrons. The van der Waals surface area contributed by atoms with Gasteiger partial charge in [-0.25, -0.2) is 0 Å². The molecule has 0 unspecified atom stereocenters. The van der Waals surface area contributed by atoms with Crippen molar-refractivity contribution < 1.29 is 9.57 Å². The van der Waals surface area contributed by atoms with E-state index in [0.29, 0.717) is 13.2 Å². The zero-order valence-electron chi connectivity index (χ0n) is 15.5. The zero-order chi connectivity index (χ0) is 17.7. The molecule has 0 spiro atoms. The van der Waals surface area contributed by atoms with Crippen LogP contribution in [0.5, 0.6) is 0 Å². The van der Waals surface area contributed by atoms with E-state index in [1.807, 2.05) is 24.3 Å². The minimum atomic E-state index is 0.0830. The first-order chi connectivity index (χ1) is 12.3. The molecular formula is C22H31NO2. The molecule has 0 fully saturated rings. The Labute approximate surface area is 152 Å². The fourth-order valence-electron chi connectivity index (χ4n) is 2.82. The normalized spacial score (nSPS) is 13.5. The Morgan fingerprint density at radius 2 is 1.48 bits per heavy atom. The molecule has 2 rings (SSSR count). The van der Waals surface area contributed by atoms with Crippen LogP contribution in [0.3, 0.4) is 0 Å². The van der Waals surface area contributed by atoms with Crippen molar-refractivity contribution in [3.63, 3.8) is 0 Å². The average Bonchev–Trinajstić information content (AvgIpc) is 2.66. The van der Waals surface area contributed by atoms with Crippen molar-refractivity contribution >= 4 is 0 Å². The van der Waals surface area contributed by atoms with Crippen LogP contribution in [0.15, 0.2) is 60.7 Å². The molecule has 3 heteroatoms. The van der Waals surface area contributed by atoms with Gasteiger partial charge in [-0.05, 0) is 24.0 Å². The Morgan fingerprint density at radius 3 is 2.12 bits per heavy atom. The Bertz CT molecular complexity index is 559. The Morgan fingerprint density at radius 1 is 0.840 bits per heavy atom. The summed E-state index contributed by atoms with van der Waals surface area (Å²) in [5, 5.41) is 0. The van der Waals surface area contributed by atoms with E-state index in [4.69, 9.17) is 9.57 Å². The van der Waals surface area contributed by atoms with Gasteiger partial charge in [0.1, 0.15) is 6.10 Å². The largest absolute Gasteiger partial charge is 0.375 e. The topological polar surface area (TPSA) is 30.5 Å². The molecule has 3 nitrogen and oxygen atoms in total. The highest BCUT2D eigenvalue weighted by atomic mass is 16.7. The minimum Gasteiger partial charge on any atom is -0.375 e. The quantitative estimate of drug-likeness (QED) is 0.522. The van der Waals surface area contributed by atoms with Crippen LogP contribution in [0.1, 0.15) is 56.8 Å². The van der Waals surface area contributed by atoms with Crippen molar-refractivity contribution in [2.75, 3.05) is 6.61 Å². The van der Waals surface area contributed by atoms with E-state index in [0.717, 1.165) is 25.7 Å². The fraction of sp³-hybridized carbons (Fsp3) is 0.455. The first-order valence-corrected chi connectivity index (χ1v) is 9.41. The molecule has 0 aromatic heterocycles. The molecule has 0 amide bonds. The van der Waals surface area contributed by atoms with Gasteiger partial charge in [-0.3, -0.25) is 4.84 Å². The number of hydrogen-bond acceptors (Lipinski definition) is 3. The molecule has 25 heavy (non-hydrogen) atoms. The van der Waals surface area contributed by atoms with Gasteiger partial charge in [-0.1, -0.05) is 87.4 Å². The summed E-state index contributed by atoms with van der Waals surface area (Å²) in [4.78, 5) is 6.06. The van der Waals surface area contributed by atoms with E-state index < -0.39 is 0 Å². The van der Waals surface area contributed by atoms with Gasteiger partial charge >= 0.3 is 0 Å². The molecule has 0 aliphatic heterocycles. The lowest BCUT2D eigenvalue weighted by Gasteiger charge is -2.23. The molecule has 0 radical (unpaired) electrons. The van der Waals surface area contributed by atoms with Crippen molar-refractivity contribution in [3.8, 4) is 0 Å². The first-order valence-electron chi connectivity index (χ1n) is 9.41. The Hall–Kier alpha value is -1.68. The Kier molecular flexibility index (Phi) is 9.27. The second-order valence-corrected chi connectivity index (χ2v) is 6.41. The third-order valence-electron chi connectivity index (χ3n) is 4.17. The molecule has 0 saturated carbocycles. The summed E-state index contributed by atoms with van der Waals surface area (Å²) in [5.74, 6) is 0. The minimum absolute atomic E-state index is 0.0830. The summed E-state index contributed by atoms with van der Waals surface area (Å²) in [5.41, 5.74) is 5.69. The van der Waals surface area contributed by atoms with Crippen molar-refractivity contribution in [1.82, 2.24) is 5.48 Å². The van der Waals surface area contributed by atoms with Gasteiger partial charge in [-0.2, -0.15) is 5.48 Å². The summed E-state index contributed by atoms with van der Waals surface area (Å²) in [7, 11) is 0. The van der Waals surface area contributed by atoms with Gasteiger partial charge in [0.15, 0.2) is 0 Å². The maximum absolute atomic E-state index is 6.06. The molecule has 0 aliphatic carbocycles. The summed E-state index contributed by atoms with van der Waals surface area (Å²) in [6.07, 6.45) is 4.30. The summed E-state index contributed by atoms with van der Waals surface area (Å²) in [6, 6.07) is 20.9.